The molecule has 0 amide bonds. The van der Waals surface area contributed by atoms with E-state index < -0.39 is 5.41 Å². The number of benzene rings is 5. The highest BCUT2D eigenvalue weighted by Gasteiger charge is 2.52. The number of hydrogen-bond acceptors (Lipinski definition) is 3. The Morgan fingerprint density at radius 2 is 1.14 bits per heavy atom. The Morgan fingerprint density at radius 3 is 1.81 bits per heavy atom. The Balaban J connectivity index is 1.35. The SMILES string of the molecule is N#Cc1ccnc(-c2ccc(-c3cc4c(c5ccccc35)-c3ccccc3C43c4ccccc4-c4ccccc43)cn2)c1. The van der Waals surface area contributed by atoms with Crippen molar-refractivity contribution in [2.24, 2.45) is 0 Å². The van der Waals surface area contributed by atoms with Crippen molar-refractivity contribution in [1.29, 1.82) is 5.26 Å². The van der Waals surface area contributed by atoms with Gasteiger partial charge >= 0.3 is 0 Å². The molecule has 3 heteroatoms. The third kappa shape index (κ3) is 3.13. The second-order valence-electron chi connectivity index (χ2n) is 11.3. The molecule has 0 unspecified atom stereocenters. The van der Waals surface area contributed by atoms with Crippen LogP contribution in [0, 0.1) is 11.3 Å². The van der Waals surface area contributed by atoms with Gasteiger partial charge in [0.25, 0.3) is 0 Å². The van der Waals surface area contributed by atoms with Crippen LogP contribution >= 0.6 is 0 Å². The molecule has 198 valence electrons. The predicted octanol–water partition coefficient (Wildman–Crippen LogP) is 9.18. The highest BCUT2D eigenvalue weighted by molar-refractivity contribution is 6.11. The second-order valence-corrected chi connectivity index (χ2v) is 11.3. The molecule has 0 saturated heterocycles. The van der Waals surface area contributed by atoms with Gasteiger partial charge < -0.3 is 0 Å². The Labute approximate surface area is 249 Å². The summed E-state index contributed by atoms with van der Waals surface area (Å²) in [5.74, 6) is 0. The lowest BCUT2D eigenvalue weighted by molar-refractivity contribution is 0.794. The van der Waals surface area contributed by atoms with E-state index >= 15 is 0 Å². The molecule has 0 atom stereocenters. The molecule has 2 heterocycles. The number of nitriles is 1. The van der Waals surface area contributed by atoms with Crippen LogP contribution in [0.25, 0.3) is 55.5 Å². The molecule has 0 bridgehead atoms. The van der Waals surface area contributed by atoms with Gasteiger partial charge in [0.15, 0.2) is 0 Å². The largest absolute Gasteiger partial charge is 0.255 e. The molecule has 0 aliphatic heterocycles. The fraction of sp³-hybridized carbons (Fsp3) is 0.0250. The Bertz CT molecular complexity index is 2260. The van der Waals surface area contributed by atoms with Gasteiger partial charge in [0.05, 0.1) is 28.4 Å². The van der Waals surface area contributed by atoms with Crippen molar-refractivity contribution in [3.8, 4) is 50.8 Å². The van der Waals surface area contributed by atoms with E-state index in [2.05, 4.69) is 120 Å². The molecule has 1 spiro atoms. The zero-order valence-corrected chi connectivity index (χ0v) is 23.1. The minimum absolute atomic E-state index is 0.410. The number of rotatable bonds is 2. The van der Waals surface area contributed by atoms with Crippen molar-refractivity contribution in [2.45, 2.75) is 5.41 Å². The molecule has 43 heavy (non-hydrogen) atoms. The Hall–Kier alpha value is -5.85. The normalized spacial score (nSPS) is 13.3. The van der Waals surface area contributed by atoms with Crippen LogP contribution in [0.4, 0.5) is 0 Å². The lowest BCUT2D eigenvalue weighted by atomic mass is 9.70. The van der Waals surface area contributed by atoms with E-state index in [0.717, 1.165) is 16.8 Å². The third-order valence-corrected chi connectivity index (χ3v) is 9.23. The first-order valence-electron chi connectivity index (χ1n) is 14.5. The smallest absolute Gasteiger partial charge is 0.0992 e. The fourth-order valence-electron chi connectivity index (χ4n) is 7.53. The minimum atomic E-state index is -0.410. The summed E-state index contributed by atoms with van der Waals surface area (Å²) in [4.78, 5) is 9.29. The van der Waals surface area contributed by atoms with Crippen LogP contribution in [0.5, 0.6) is 0 Å². The van der Waals surface area contributed by atoms with Crippen LogP contribution in [0.3, 0.4) is 0 Å². The van der Waals surface area contributed by atoms with E-state index in [1.165, 1.54) is 55.3 Å². The summed E-state index contributed by atoms with van der Waals surface area (Å²) < 4.78 is 0. The maximum absolute atomic E-state index is 9.36. The van der Waals surface area contributed by atoms with Crippen LogP contribution < -0.4 is 0 Å². The van der Waals surface area contributed by atoms with Gasteiger partial charge in [-0.25, -0.2) is 0 Å². The van der Waals surface area contributed by atoms with E-state index in [4.69, 9.17) is 4.98 Å². The van der Waals surface area contributed by atoms with Gasteiger partial charge in [-0.2, -0.15) is 5.26 Å². The first kappa shape index (κ1) is 23.8. The van der Waals surface area contributed by atoms with E-state index in [0.29, 0.717) is 11.3 Å². The molecule has 5 aromatic carbocycles. The Morgan fingerprint density at radius 1 is 0.512 bits per heavy atom. The van der Waals surface area contributed by atoms with Crippen molar-refractivity contribution >= 4 is 10.8 Å². The van der Waals surface area contributed by atoms with Gasteiger partial charge in [0.1, 0.15) is 0 Å². The molecule has 3 nitrogen and oxygen atoms in total. The molecule has 0 N–H and O–H groups in total. The maximum atomic E-state index is 9.36. The number of aromatic nitrogens is 2. The summed E-state index contributed by atoms with van der Waals surface area (Å²) in [6.07, 6.45) is 3.60. The van der Waals surface area contributed by atoms with Crippen molar-refractivity contribution < 1.29 is 0 Å². The summed E-state index contributed by atoms with van der Waals surface area (Å²) in [6.45, 7) is 0. The molecule has 9 rings (SSSR count). The minimum Gasteiger partial charge on any atom is -0.255 e. The topological polar surface area (TPSA) is 49.6 Å². The summed E-state index contributed by atoms with van der Waals surface area (Å²) in [5, 5.41) is 11.8. The molecule has 7 aromatic rings. The second kappa shape index (κ2) is 8.82. The van der Waals surface area contributed by atoms with E-state index in [9.17, 15) is 5.26 Å². The van der Waals surface area contributed by atoms with Gasteiger partial charge in [-0.15, -0.1) is 0 Å². The molecular formula is C40H23N3. The van der Waals surface area contributed by atoms with Crippen molar-refractivity contribution in [3.05, 3.63) is 168 Å². The highest BCUT2D eigenvalue weighted by Crippen LogP contribution is 2.64. The van der Waals surface area contributed by atoms with Crippen LogP contribution in [-0.4, -0.2) is 9.97 Å². The number of hydrogen-bond donors (Lipinski definition) is 0. The zero-order valence-electron chi connectivity index (χ0n) is 23.1. The van der Waals surface area contributed by atoms with Gasteiger partial charge in [-0.3, -0.25) is 9.97 Å². The average molecular weight is 546 g/mol. The van der Waals surface area contributed by atoms with E-state index in [-0.39, 0.29) is 0 Å². The monoisotopic (exact) mass is 545 g/mol. The van der Waals surface area contributed by atoms with Crippen LogP contribution in [-0.2, 0) is 5.41 Å². The van der Waals surface area contributed by atoms with Crippen molar-refractivity contribution in [1.82, 2.24) is 9.97 Å². The van der Waals surface area contributed by atoms with Crippen LogP contribution in [0.15, 0.2) is 140 Å². The predicted molar refractivity (Wildman–Crippen MR) is 171 cm³/mol. The third-order valence-electron chi connectivity index (χ3n) is 9.23. The molecule has 2 aromatic heterocycles. The maximum Gasteiger partial charge on any atom is 0.0992 e. The highest BCUT2D eigenvalue weighted by atomic mass is 14.8. The zero-order chi connectivity index (χ0) is 28.5. The van der Waals surface area contributed by atoms with Crippen molar-refractivity contribution in [2.75, 3.05) is 0 Å². The first-order valence-corrected chi connectivity index (χ1v) is 14.5. The molecular weight excluding hydrogens is 522 g/mol. The van der Waals surface area contributed by atoms with Gasteiger partial charge in [-0.05, 0) is 85.1 Å². The lowest BCUT2D eigenvalue weighted by Crippen LogP contribution is -2.25. The molecule has 0 radical (unpaired) electrons. The average Bonchev–Trinajstić information content (AvgIpc) is 3.55. The molecule has 2 aliphatic rings. The summed E-state index contributed by atoms with van der Waals surface area (Å²) >= 11 is 0. The summed E-state index contributed by atoms with van der Waals surface area (Å²) in [6, 6.07) is 47.7. The molecule has 0 saturated carbocycles. The molecule has 0 fully saturated rings. The van der Waals surface area contributed by atoms with Crippen LogP contribution in [0.2, 0.25) is 0 Å². The number of pyridine rings is 2. The standard InChI is InChI=1S/C40H23N3/c41-23-25-19-20-42-38(21-25)37-18-17-26(24-43-37)32-22-36-39(30-12-2-1-9-27(30)32)31-13-5-8-16-35(31)40(36)33-14-6-3-10-28(33)29-11-4-7-15-34(29)40/h1-22,24H. The fourth-order valence-corrected chi connectivity index (χ4v) is 7.53. The Kier molecular flexibility index (Phi) is 4.89. The van der Waals surface area contributed by atoms with Crippen LogP contribution in [0.1, 0.15) is 27.8 Å². The van der Waals surface area contributed by atoms with Gasteiger partial charge in [0, 0.05) is 18.0 Å². The number of nitrogens with zero attached hydrogens (tertiary/aromatic N) is 3. The lowest BCUT2D eigenvalue weighted by Gasteiger charge is -2.31. The first-order chi connectivity index (χ1) is 21.3. The van der Waals surface area contributed by atoms with Gasteiger partial charge in [0.2, 0.25) is 0 Å². The van der Waals surface area contributed by atoms with E-state index in [1.54, 1.807) is 18.3 Å². The quantitative estimate of drug-likeness (QED) is 0.218. The summed E-state index contributed by atoms with van der Waals surface area (Å²) in [7, 11) is 0. The number of fused-ring (bicyclic) bond motifs is 12. The van der Waals surface area contributed by atoms with Gasteiger partial charge in [-0.1, -0.05) is 103 Å². The molecule has 2 aliphatic carbocycles. The summed E-state index contributed by atoms with van der Waals surface area (Å²) in [5.41, 5.74) is 14.3. The van der Waals surface area contributed by atoms with E-state index in [1.807, 2.05) is 12.3 Å². The van der Waals surface area contributed by atoms with Crippen molar-refractivity contribution in [3.63, 3.8) is 0 Å².